The topological polar surface area (TPSA) is 46.5 Å². The molecule has 0 aliphatic rings. The summed E-state index contributed by atoms with van der Waals surface area (Å²) in [5.74, 6) is 0.310. The number of unbranched alkanes of at least 4 members (excludes halogenated alkanes) is 6. The van der Waals surface area contributed by atoms with Crippen LogP contribution in [0.3, 0.4) is 0 Å². The van der Waals surface area contributed by atoms with E-state index in [1.54, 1.807) is 0 Å². The van der Waals surface area contributed by atoms with Gasteiger partial charge in [0, 0.05) is 6.16 Å². The van der Waals surface area contributed by atoms with Crippen molar-refractivity contribution < 1.29 is 14.0 Å². The van der Waals surface area contributed by atoms with Gasteiger partial charge in [0.15, 0.2) is 0 Å². The maximum absolute atomic E-state index is 11.6. The molecule has 0 saturated carbocycles. The van der Waals surface area contributed by atoms with Crippen molar-refractivity contribution in [3.63, 3.8) is 0 Å². The van der Waals surface area contributed by atoms with Crippen LogP contribution in [0.25, 0.3) is 0 Å². The summed E-state index contributed by atoms with van der Waals surface area (Å²) in [6, 6.07) is 0. The summed E-state index contributed by atoms with van der Waals surface area (Å²) in [6.45, 7) is 6.54. The molecule has 0 bridgehead atoms. The van der Waals surface area contributed by atoms with Crippen molar-refractivity contribution in [1.82, 2.24) is 0 Å². The van der Waals surface area contributed by atoms with Crippen molar-refractivity contribution in [3.05, 3.63) is 0 Å². The summed E-state index contributed by atoms with van der Waals surface area (Å²) in [6.07, 6.45) is 8.42. The highest BCUT2D eigenvalue weighted by Gasteiger charge is 2.18. The lowest BCUT2D eigenvalue weighted by atomic mass is 10.1. The smallest absolute Gasteiger partial charge is 0.324 e. The van der Waals surface area contributed by atoms with E-state index in [-0.39, 0.29) is 0 Å². The fourth-order valence-corrected chi connectivity index (χ4v) is 2.88. The van der Waals surface area contributed by atoms with Gasteiger partial charge in [0.25, 0.3) is 0 Å². The fourth-order valence-electron chi connectivity index (χ4n) is 1.60. The Morgan fingerprint density at radius 3 is 2.12 bits per heavy atom. The van der Waals surface area contributed by atoms with Gasteiger partial charge in [-0.05, 0) is 12.3 Å². The van der Waals surface area contributed by atoms with Crippen LogP contribution in [-0.4, -0.2) is 17.7 Å². The molecule has 17 heavy (non-hydrogen) atoms. The van der Waals surface area contributed by atoms with Crippen LogP contribution >= 0.6 is 7.60 Å². The van der Waals surface area contributed by atoms with E-state index < -0.39 is 7.60 Å². The normalized spacial score (nSPS) is 15.1. The second kappa shape index (κ2) is 10.1. The van der Waals surface area contributed by atoms with Gasteiger partial charge in [-0.2, -0.15) is 0 Å². The Labute approximate surface area is 106 Å². The minimum absolute atomic E-state index is 0.310. The Morgan fingerprint density at radius 2 is 1.59 bits per heavy atom. The summed E-state index contributed by atoms with van der Waals surface area (Å²) >= 11 is 0. The standard InChI is InChI=1S/C13H29O3P/c1-4-5-6-7-8-9-10-11-17(14,15)16-12-13(2)3/h13H,4-12H2,1-3H3,(H,14,15). The Morgan fingerprint density at radius 1 is 1.06 bits per heavy atom. The maximum atomic E-state index is 11.6. The lowest BCUT2D eigenvalue weighted by molar-refractivity contribution is 0.229. The molecule has 0 heterocycles. The van der Waals surface area contributed by atoms with Crippen molar-refractivity contribution in [2.75, 3.05) is 12.8 Å². The van der Waals surface area contributed by atoms with E-state index in [2.05, 4.69) is 6.92 Å². The number of hydrogen-bond donors (Lipinski definition) is 1. The zero-order valence-corrected chi connectivity index (χ0v) is 12.5. The highest BCUT2D eigenvalue weighted by molar-refractivity contribution is 7.52. The first-order chi connectivity index (χ1) is 7.98. The summed E-state index contributed by atoms with van der Waals surface area (Å²) in [5, 5.41) is 0. The zero-order valence-electron chi connectivity index (χ0n) is 11.7. The van der Waals surface area contributed by atoms with Gasteiger partial charge >= 0.3 is 7.60 Å². The summed E-state index contributed by atoms with van der Waals surface area (Å²) in [7, 11) is -3.31. The number of rotatable bonds is 11. The van der Waals surface area contributed by atoms with Crippen LogP contribution in [0.1, 0.15) is 65.7 Å². The average Bonchev–Trinajstić information content (AvgIpc) is 2.25. The molecule has 0 fully saturated rings. The molecule has 0 aliphatic carbocycles. The van der Waals surface area contributed by atoms with Crippen molar-refractivity contribution in [1.29, 1.82) is 0 Å². The van der Waals surface area contributed by atoms with Crippen LogP contribution < -0.4 is 0 Å². The van der Waals surface area contributed by atoms with Gasteiger partial charge in [0.2, 0.25) is 0 Å². The van der Waals surface area contributed by atoms with Crippen LogP contribution in [-0.2, 0) is 9.09 Å². The van der Waals surface area contributed by atoms with E-state index >= 15 is 0 Å². The highest BCUT2D eigenvalue weighted by Crippen LogP contribution is 2.43. The summed E-state index contributed by atoms with van der Waals surface area (Å²) in [5.41, 5.74) is 0. The molecular weight excluding hydrogens is 235 g/mol. The maximum Gasteiger partial charge on any atom is 0.328 e. The van der Waals surface area contributed by atoms with Gasteiger partial charge in [-0.3, -0.25) is 4.57 Å². The Balaban J connectivity index is 3.42. The summed E-state index contributed by atoms with van der Waals surface area (Å²) in [4.78, 5) is 9.54. The minimum atomic E-state index is -3.31. The Bertz CT molecular complexity index is 217. The van der Waals surface area contributed by atoms with E-state index in [1.165, 1.54) is 32.1 Å². The SMILES string of the molecule is CCCCCCCCCP(=O)(O)OCC(C)C. The molecule has 0 spiro atoms. The quantitative estimate of drug-likeness (QED) is 0.438. The summed E-state index contributed by atoms with van der Waals surface area (Å²) < 4.78 is 16.6. The molecule has 0 aromatic heterocycles. The fraction of sp³-hybridized carbons (Fsp3) is 1.00. The van der Waals surface area contributed by atoms with Gasteiger partial charge in [0.1, 0.15) is 0 Å². The highest BCUT2D eigenvalue weighted by atomic mass is 31.2. The first-order valence-electron chi connectivity index (χ1n) is 6.94. The van der Waals surface area contributed by atoms with Crippen molar-refractivity contribution in [3.8, 4) is 0 Å². The van der Waals surface area contributed by atoms with E-state index in [4.69, 9.17) is 4.52 Å². The van der Waals surface area contributed by atoms with Gasteiger partial charge in [-0.15, -0.1) is 0 Å². The molecule has 3 nitrogen and oxygen atoms in total. The molecule has 4 heteroatoms. The van der Waals surface area contributed by atoms with Gasteiger partial charge in [0.05, 0.1) is 6.61 Å². The molecule has 0 aromatic carbocycles. The van der Waals surface area contributed by atoms with E-state index in [0.29, 0.717) is 18.7 Å². The van der Waals surface area contributed by atoms with Crippen LogP contribution in [0.4, 0.5) is 0 Å². The van der Waals surface area contributed by atoms with Gasteiger partial charge in [-0.25, -0.2) is 0 Å². The first-order valence-corrected chi connectivity index (χ1v) is 8.70. The third-order valence-corrected chi connectivity index (χ3v) is 4.09. The Hall–Kier alpha value is 0.150. The van der Waals surface area contributed by atoms with Crippen LogP contribution in [0.5, 0.6) is 0 Å². The number of hydrogen-bond acceptors (Lipinski definition) is 2. The first kappa shape index (κ1) is 17.2. The molecule has 0 amide bonds. The minimum Gasteiger partial charge on any atom is -0.324 e. The molecular formula is C13H29O3P. The van der Waals surface area contributed by atoms with Crippen LogP contribution in [0.2, 0.25) is 0 Å². The van der Waals surface area contributed by atoms with E-state index in [0.717, 1.165) is 12.8 Å². The molecule has 0 saturated heterocycles. The lowest BCUT2D eigenvalue weighted by Gasteiger charge is -2.13. The third-order valence-electron chi connectivity index (χ3n) is 2.65. The van der Waals surface area contributed by atoms with Crippen LogP contribution in [0, 0.1) is 5.92 Å². The molecule has 0 radical (unpaired) electrons. The molecule has 1 unspecified atom stereocenters. The predicted octanol–water partition coefficient (Wildman–Crippen LogP) is 4.60. The molecule has 1 N–H and O–H groups in total. The van der Waals surface area contributed by atoms with Gasteiger partial charge < -0.3 is 9.42 Å². The second-order valence-electron chi connectivity index (χ2n) is 5.17. The van der Waals surface area contributed by atoms with Gasteiger partial charge in [-0.1, -0.05) is 59.3 Å². The third kappa shape index (κ3) is 12.4. The molecule has 0 aliphatic heterocycles. The second-order valence-corrected chi connectivity index (χ2v) is 7.15. The average molecular weight is 264 g/mol. The van der Waals surface area contributed by atoms with Crippen molar-refractivity contribution in [2.24, 2.45) is 5.92 Å². The predicted molar refractivity (Wildman–Crippen MR) is 73.5 cm³/mol. The zero-order chi connectivity index (χ0) is 13.1. The largest absolute Gasteiger partial charge is 0.328 e. The molecule has 1 atom stereocenters. The van der Waals surface area contributed by atoms with E-state index in [9.17, 15) is 9.46 Å². The molecule has 0 aromatic rings. The monoisotopic (exact) mass is 264 g/mol. The van der Waals surface area contributed by atoms with E-state index in [1.807, 2.05) is 13.8 Å². The Kier molecular flexibility index (Phi) is 10.2. The van der Waals surface area contributed by atoms with Crippen molar-refractivity contribution in [2.45, 2.75) is 65.7 Å². The lowest BCUT2D eigenvalue weighted by Crippen LogP contribution is -2.02. The van der Waals surface area contributed by atoms with Crippen molar-refractivity contribution >= 4 is 7.60 Å². The van der Waals surface area contributed by atoms with Crippen LogP contribution in [0.15, 0.2) is 0 Å². The molecule has 104 valence electrons. The molecule has 0 rings (SSSR count).